The first-order valence-electron chi connectivity index (χ1n) is 3.32. The maximum atomic E-state index is 11.9. The fourth-order valence-corrected chi connectivity index (χ4v) is 1.28. The number of alkyl halides is 3. The van der Waals surface area contributed by atoms with Gasteiger partial charge in [-0.15, -0.1) is 0 Å². The van der Waals surface area contributed by atoms with E-state index in [4.69, 9.17) is 5.73 Å². The largest absolute Gasteiger partial charge is 0.392 e. The van der Waals surface area contributed by atoms with Gasteiger partial charge in [-0.3, -0.25) is 0 Å². The highest BCUT2D eigenvalue weighted by Crippen LogP contribution is 2.44. The molecule has 10 heavy (non-hydrogen) atoms. The van der Waals surface area contributed by atoms with E-state index in [0.717, 1.165) is 0 Å². The van der Waals surface area contributed by atoms with E-state index in [1.807, 2.05) is 0 Å². The molecule has 60 valence electrons. The van der Waals surface area contributed by atoms with Crippen LogP contribution in [0.1, 0.15) is 12.8 Å². The van der Waals surface area contributed by atoms with Crippen LogP contribution in [0.15, 0.2) is 0 Å². The summed E-state index contributed by atoms with van der Waals surface area (Å²) >= 11 is 0. The van der Waals surface area contributed by atoms with Crippen LogP contribution in [0.5, 0.6) is 0 Å². The number of hydrogen-bond acceptors (Lipinski definition) is 1. The average Bonchev–Trinajstić information content (AvgIpc) is 1.57. The predicted octanol–water partition coefficient (Wildman–Crippen LogP) is 1.53. The first-order chi connectivity index (χ1) is 4.55. The minimum absolute atomic E-state index is 0.171. The number of hydrogen-bond donors (Lipinski definition) is 1. The monoisotopic (exact) mass is 153 g/mol. The quantitative estimate of drug-likeness (QED) is 0.607. The lowest BCUT2D eigenvalue weighted by atomic mass is 9.73. The molecule has 1 rings (SSSR count). The van der Waals surface area contributed by atoms with Gasteiger partial charge >= 0.3 is 6.18 Å². The highest BCUT2D eigenvalue weighted by molar-refractivity contribution is 4.85. The van der Waals surface area contributed by atoms with Crippen molar-refractivity contribution in [3.8, 4) is 0 Å². The van der Waals surface area contributed by atoms with Crippen molar-refractivity contribution in [1.29, 1.82) is 0 Å². The van der Waals surface area contributed by atoms with E-state index >= 15 is 0 Å². The zero-order valence-corrected chi connectivity index (χ0v) is 5.49. The van der Waals surface area contributed by atoms with Gasteiger partial charge in [-0.25, -0.2) is 0 Å². The summed E-state index contributed by atoms with van der Waals surface area (Å²) < 4.78 is 35.6. The molecule has 1 fully saturated rings. The molecule has 0 bridgehead atoms. The van der Waals surface area contributed by atoms with Crippen LogP contribution in [0.2, 0.25) is 0 Å². The standard InChI is InChI=1S/C6H10F3N/c7-6(8,9)5-2-1-4(5)3-10/h4-5H,1-3,10H2/t4-,5-/m0/s1. The summed E-state index contributed by atoms with van der Waals surface area (Å²) in [5.74, 6) is -1.42. The molecule has 2 N–H and O–H groups in total. The summed E-state index contributed by atoms with van der Waals surface area (Å²) in [7, 11) is 0. The van der Waals surface area contributed by atoms with Crippen LogP contribution in [0.3, 0.4) is 0 Å². The zero-order chi connectivity index (χ0) is 7.78. The number of nitrogens with two attached hydrogens (primary N) is 1. The Morgan fingerprint density at radius 1 is 1.30 bits per heavy atom. The molecule has 1 nitrogen and oxygen atoms in total. The second-order valence-electron chi connectivity index (χ2n) is 2.72. The maximum absolute atomic E-state index is 11.9. The van der Waals surface area contributed by atoms with E-state index < -0.39 is 12.1 Å². The van der Waals surface area contributed by atoms with Crippen LogP contribution in [0.4, 0.5) is 13.2 Å². The number of halogens is 3. The van der Waals surface area contributed by atoms with Crippen molar-refractivity contribution in [1.82, 2.24) is 0 Å². The van der Waals surface area contributed by atoms with E-state index in [9.17, 15) is 13.2 Å². The first-order valence-corrected chi connectivity index (χ1v) is 3.32. The average molecular weight is 153 g/mol. The van der Waals surface area contributed by atoms with Crippen LogP contribution < -0.4 is 5.73 Å². The third-order valence-corrected chi connectivity index (χ3v) is 2.14. The van der Waals surface area contributed by atoms with Gasteiger partial charge < -0.3 is 5.73 Å². The molecule has 0 aromatic carbocycles. The van der Waals surface area contributed by atoms with Crippen LogP contribution in [0, 0.1) is 11.8 Å². The Bertz CT molecular complexity index is 119. The van der Waals surface area contributed by atoms with Crippen LogP contribution in [-0.2, 0) is 0 Å². The maximum Gasteiger partial charge on any atom is 0.392 e. The molecule has 2 atom stereocenters. The molecular formula is C6H10F3N. The van der Waals surface area contributed by atoms with E-state index in [0.29, 0.717) is 6.42 Å². The molecule has 0 amide bonds. The summed E-state index contributed by atoms with van der Waals surface area (Å²) in [6.45, 7) is 0.171. The van der Waals surface area contributed by atoms with Gasteiger partial charge in [0.2, 0.25) is 0 Å². The lowest BCUT2D eigenvalue weighted by molar-refractivity contribution is -0.211. The topological polar surface area (TPSA) is 26.0 Å². The molecule has 0 aromatic heterocycles. The van der Waals surface area contributed by atoms with E-state index in [2.05, 4.69) is 0 Å². The second kappa shape index (κ2) is 2.42. The smallest absolute Gasteiger partial charge is 0.330 e. The van der Waals surface area contributed by atoms with E-state index in [-0.39, 0.29) is 18.9 Å². The van der Waals surface area contributed by atoms with E-state index in [1.54, 1.807) is 0 Å². The van der Waals surface area contributed by atoms with Gasteiger partial charge in [0.1, 0.15) is 0 Å². The molecule has 0 saturated heterocycles. The molecule has 0 aliphatic heterocycles. The minimum Gasteiger partial charge on any atom is -0.330 e. The van der Waals surface area contributed by atoms with Crippen LogP contribution >= 0.6 is 0 Å². The highest BCUT2D eigenvalue weighted by Gasteiger charge is 2.48. The Kier molecular flexibility index (Phi) is 1.90. The molecular weight excluding hydrogens is 143 g/mol. The summed E-state index contributed by atoms with van der Waals surface area (Å²) in [6, 6.07) is 0. The Morgan fingerprint density at radius 3 is 2.00 bits per heavy atom. The van der Waals surface area contributed by atoms with Crippen LogP contribution in [-0.4, -0.2) is 12.7 Å². The molecule has 1 saturated carbocycles. The molecule has 4 heteroatoms. The summed E-state index contributed by atoms with van der Waals surface area (Å²) in [4.78, 5) is 0. The van der Waals surface area contributed by atoms with Gasteiger partial charge in [0.15, 0.2) is 0 Å². The molecule has 1 aliphatic rings. The molecule has 0 heterocycles. The van der Waals surface area contributed by atoms with E-state index in [1.165, 1.54) is 0 Å². The third kappa shape index (κ3) is 1.26. The zero-order valence-electron chi connectivity index (χ0n) is 5.49. The molecule has 0 unspecified atom stereocenters. The Balaban J connectivity index is 2.43. The molecule has 1 aliphatic carbocycles. The molecule has 0 aromatic rings. The fraction of sp³-hybridized carbons (Fsp3) is 1.00. The summed E-state index contributed by atoms with van der Waals surface area (Å²) in [5, 5.41) is 0. The molecule has 0 spiro atoms. The van der Waals surface area contributed by atoms with Gasteiger partial charge in [-0.1, -0.05) is 0 Å². The Labute approximate surface area is 57.4 Å². The van der Waals surface area contributed by atoms with Gasteiger partial charge in [0.05, 0.1) is 5.92 Å². The van der Waals surface area contributed by atoms with Gasteiger partial charge in [-0.05, 0) is 25.3 Å². The minimum atomic E-state index is -4.01. The van der Waals surface area contributed by atoms with Crippen molar-refractivity contribution in [2.45, 2.75) is 19.0 Å². The number of rotatable bonds is 1. The van der Waals surface area contributed by atoms with Crippen molar-refractivity contribution >= 4 is 0 Å². The van der Waals surface area contributed by atoms with Crippen molar-refractivity contribution in [3.05, 3.63) is 0 Å². The summed E-state index contributed by atoms with van der Waals surface area (Å²) in [5.41, 5.74) is 5.12. The fourth-order valence-electron chi connectivity index (χ4n) is 1.28. The predicted molar refractivity (Wildman–Crippen MR) is 31.3 cm³/mol. The second-order valence-corrected chi connectivity index (χ2v) is 2.72. The van der Waals surface area contributed by atoms with Crippen molar-refractivity contribution in [3.63, 3.8) is 0 Å². The normalized spacial score (nSPS) is 33.6. The van der Waals surface area contributed by atoms with Crippen molar-refractivity contribution in [2.75, 3.05) is 6.54 Å². The van der Waals surface area contributed by atoms with Crippen LogP contribution in [0.25, 0.3) is 0 Å². The molecule has 0 radical (unpaired) electrons. The van der Waals surface area contributed by atoms with Gasteiger partial charge in [-0.2, -0.15) is 13.2 Å². The highest BCUT2D eigenvalue weighted by atomic mass is 19.4. The third-order valence-electron chi connectivity index (χ3n) is 2.14. The first kappa shape index (κ1) is 7.85. The van der Waals surface area contributed by atoms with Crippen molar-refractivity contribution in [2.24, 2.45) is 17.6 Å². The SMILES string of the molecule is NC[C@@H]1CC[C@@H]1C(F)(F)F. The Hall–Kier alpha value is -0.250. The lowest BCUT2D eigenvalue weighted by Crippen LogP contribution is -2.41. The Morgan fingerprint density at radius 2 is 1.90 bits per heavy atom. The summed E-state index contributed by atoms with van der Waals surface area (Å²) in [6.07, 6.45) is -3.10. The van der Waals surface area contributed by atoms with Crippen molar-refractivity contribution < 1.29 is 13.2 Å². The van der Waals surface area contributed by atoms with Gasteiger partial charge in [0.25, 0.3) is 0 Å². The van der Waals surface area contributed by atoms with Gasteiger partial charge in [0, 0.05) is 0 Å². The lowest BCUT2D eigenvalue weighted by Gasteiger charge is -2.36.